The average molecular weight is 336 g/mol. The molecule has 0 radical (unpaired) electrons. The van der Waals surface area contributed by atoms with Gasteiger partial charge in [-0.2, -0.15) is 0 Å². The minimum Gasteiger partial charge on any atom is -0.368 e. The van der Waals surface area contributed by atoms with Crippen LogP contribution in [0, 0.1) is 0 Å². The summed E-state index contributed by atoms with van der Waals surface area (Å²) in [7, 11) is 0. The molecule has 0 bridgehead atoms. The highest BCUT2D eigenvalue weighted by Crippen LogP contribution is 2.44. The number of rotatable bonds is 5. The molecule has 126 valence electrons. The van der Waals surface area contributed by atoms with Crippen molar-refractivity contribution in [1.82, 2.24) is 25.1 Å². The Kier molecular flexibility index (Phi) is 4.05. The summed E-state index contributed by atoms with van der Waals surface area (Å²) in [5.41, 5.74) is 1.96. The molecule has 3 heterocycles. The highest BCUT2D eigenvalue weighted by Gasteiger charge is 2.46. The third-order valence-electron chi connectivity index (χ3n) is 4.53. The maximum atomic E-state index is 13.6. The summed E-state index contributed by atoms with van der Waals surface area (Å²) >= 11 is 0. The molecule has 7 heteroatoms. The number of nitrogens with zero attached hydrogens (tertiary/aromatic N) is 5. The Hall–Kier alpha value is -2.96. The number of nitrogens with one attached hydrogen (secondary N) is 1. The van der Waals surface area contributed by atoms with Gasteiger partial charge in [-0.05, 0) is 37.1 Å². The second-order valence-electron chi connectivity index (χ2n) is 6.25. The molecule has 0 saturated heterocycles. The SMILES string of the molecule is FC1CC(CNc2ccc(-c3cnccn3)nn2)(c2ccccn2)C1. The van der Waals surface area contributed by atoms with Crippen LogP contribution in [0.15, 0.2) is 55.1 Å². The Balaban J connectivity index is 1.47. The molecule has 0 aromatic carbocycles. The van der Waals surface area contributed by atoms with Crippen LogP contribution < -0.4 is 5.32 Å². The van der Waals surface area contributed by atoms with Gasteiger partial charge in [-0.25, -0.2) is 4.39 Å². The molecule has 1 aliphatic rings. The number of hydrogen-bond acceptors (Lipinski definition) is 6. The van der Waals surface area contributed by atoms with Crippen molar-refractivity contribution in [3.05, 3.63) is 60.8 Å². The number of pyridine rings is 1. The van der Waals surface area contributed by atoms with Crippen molar-refractivity contribution in [1.29, 1.82) is 0 Å². The molecule has 0 spiro atoms. The molecule has 0 unspecified atom stereocenters. The molecule has 0 atom stereocenters. The fourth-order valence-corrected chi connectivity index (χ4v) is 3.16. The standard InChI is InChI=1S/C18H17FN6/c19-13-9-18(10-13,16-3-1-2-6-22-16)12-23-17-5-4-14(24-25-17)15-11-20-7-8-21-15/h1-8,11,13H,9-10,12H2,(H,23,25). The first-order valence-electron chi connectivity index (χ1n) is 8.15. The lowest BCUT2D eigenvalue weighted by atomic mass is 9.65. The predicted molar refractivity (Wildman–Crippen MR) is 91.6 cm³/mol. The van der Waals surface area contributed by atoms with Gasteiger partial charge in [0.2, 0.25) is 0 Å². The van der Waals surface area contributed by atoms with Gasteiger partial charge in [0, 0.05) is 36.2 Å². The van der Waals surface area contributed by atoms with Crippen LogP contribution in [-0.2, 0) is 5.41 Å². The fraction of sp³-hybridized carbons (Fsp3) is 0.278. The van der Waals surface area contributed by atoms with E-state index < -0.39 is 6.17 Å². The van der Waals surface area contributed by atoms with Crippen molar-refractivity contribution in [3.8, 4) is 11.4 Å². The Morgan fingerprint density at radius 3 is 2.56 bits per heavy atom. The van der Waals surface area contributed by atoms with Gasteiger partial charge in [0.15, 0.2) is 0 Å². The molecule has 1 fully saturated rings. The van der Waals surface area contributed by atoms with Crippen molar-refractivity contribution < 1.29 is 4.39 Å². The van der Waals surface area contributed by atoms with Gasteiger partial charge >= 0.3 is 0 Å². The molecular formula is C18H17FN6. The van der Waals surface area contributed by atoms with Crippen molar-refractivity contribution in [3.63, 3.8) is 0 Å². The molecular weight excluding hydrogens is 319 g/mol. The van der Waals surface area contributed by atoms with E-state index in [9.17, 15) is 4.39 Å². The lowest BCUT2D eigenvalue weighted by Gasteiger charge is -2.43. The zero-order valence-corrected chi connectivity index (χ0v) is 13.5. The van der Waals surface area contributed by atoms with E-state index in [0.717, 1.165) is 5.69 Å². The summed E-state index contributed by atoms with van der Waals surface area (Å²) in [5, 5.41) is 11.6. The summed E-state index contributed by atoms with van der Waals surface area (Å²) in [4.78, 5) is 12.6. The lowest BCUT2D eigenvalue weighted by molar-refractivity contribution is 0.0996. The average Bonchev–Trinajstić information content (AvgIpc) is 2.66. The Morgan fingerprint density at radius 1 is 1.00 bits per heavy atom. The van der Waals surface area contributed by atoms with E-state index in [4.69, 9.17) is 0 Å². The van der Waals surface area contributed by atoms with E-state index in [1.54, 1.807) is 24.8 Å². The molecule has 1 aliphatic carbocycles. The summed E-state index contributed by atoms with van der Waals surface area (Å²) in [6.07, 6.45) is 6.80. The van der Waals surface area contributed by atoms with E-state index in [1.807, 2.05) is 30.3 Å². The van der Waals surface area contributed by atoms with Crippen LogP contribution in [0.4, 0.5) is 10.2 Å². The predicted octanol–water partition coefficient (Wildman–Crippen LogP) is 2.81. The van der Waals surface area contributed by atoms with Crippen LogP contribution in [0.3, 0.4) is 0 Å². The van der Waals surface area contributed by atoms with Crippen LogP contribution in [0.5, 0.6) is 0 Å². The van der Waals surface area contributed by atoms with Crippen LogP contribution in [0.1, 0.15) is 18.5 Å². The minimum atomic E-state index is -0.770. The third-order valence-corrected chi connectivity index (χ3v) is 4.53. The Bertz CT molecular complexity index is 819. The number of hydrogen-bond donors (Lipinski definition) is 1. The lowest BCUT2D eigenvalue weighted by Crippen LogP contribution is -2.48. The molecule has 0 amide bonds. The molecule has 25 heavy (non-hydrogen) atoms. The van der Waals surface area contributed by atoms with Crippen LogP contribution in [0.25, 0.3) is 11.4 Å². The normalized spacial score (nSPS) is 22.2. The highest BCUT2D eigenvalue weighted by molar-refractivity contribution is 5.53. The van der Waals surface area contributed by atoms with E-state index in [-0.39, 0.29) is 5.41 Å². The molecule has 1 N–H and O–H groups in total. The smallest absolute Gasteiger partial charge is 0.148 e. The molecule has 3 aromatic heterocycles. The van der Waals surface area contributed by atoms with Crippen molar-refractivity contribution in [2.24, 2.45) is 0 Å². The Morgan fingerprint density at radius 2 is 1.92 bits per heavy atom. The monoisotopic (exact) mass is 336 g/mol. The fourth-order valence-electron chi connectivity index (χ4n) is 3.16. The first-order valence-corrected chi connectivity index (χ1v) is 8.15. The van der Waals surface area contributed by atoms with E-state index in [0.29, 0.717) is 36.6 Å². The summed E-state index contributed by atoms with van der Waals surface area (Å²) < 4.78 is 13.6. The van der Waals surface area contributed by atoms with Gasteiger partial charge in [0.25, 0.3) is 0 Å². The maximum absolute atomic E-state index is 13.6. The number of anilines is 1. The quantitative estimate of drug-likeness (QED) is 0.772. The molecule has 6 nitrogen and oxygen atoms in total. The summed E-state index contributed by atoms with van der Waals surface area (Å²) in [6.45, 7) is 0.573. The van der Waals surface area contributed by atoms with Gasteiger partial charge in [-0.15, -0.1) is 10.2 Å². The number of aromatic nitrogens is 5. The first kappa shape index (κ1) is 15.6. The van der Waals surface area contributed by atoms with Crippen molar-refractivity contribution in [2.45, 2.75) is 24.4 Å². The largest absolute Gasteiger partial charge is 0.368 e. The second kappa shape index (κ2) is 6.51. The number of halogens is 1. The van der Waals surface area contributed by atoms with Crippen LogP contribution in [-0.4, -0.2) is 37.9 Å². The minimum absolute atomic E-state index is 0.286. The highest BCUT2D eigenvalue weighted by atomic mass is 19.1. The maximum Gasteiger partial charge on any atom is 0.148 e. The van der Waals surface area contributed by atoms with Gasteiger partial charge in [0.05, 0.1) is 6.20 Å². The van der Waals surface area contributed by atoms with Crippen molar-refractivity contribution >= 4 is 5.82 Å². The molecule has 3 aromatic rings. The zero-order chi connectivity index (χ0) is 17.1. The molecule has 4 rings (SSSR count). The first-order chi connectivity index (χ1) is 12.3. The van der Waals surface area contributed by atoms with Crippen LogP contribution in [0.2, 0.25) is 0 Å². The van der Waals surface area contributed by atoms with E-state index in [1.165, 1.54) is 0 Å². The van der Waals surface area contributed by atoms with Crippen molar-refractivity contribution in [2.75, 3.05) is 11.9 Å². The summed E-state index contributed by atoms with van der Waals surface area (Å²) in [6, 6.07) is 9.44. The van der Waals surface area contributed by atoms with Gasteiger partial charge in [-0.1, -0.05) is 6.07 Å². The van der Waals surface area contributed by atoms with Gasteiger partial charge < -0.3 is 5.32 Å². The van der Waals surface area contributed by atoms with Crippen LogP contribution >= 0.6 is 0 Å². The van der Waals surface area contributed by atoms with Gasteiger partial charge in [0.1, 0.15) is 23.4 Å². The molecule has 1 saturated carbocycles. The topological polar surface area (TPSA) is 76.5 Å². The zero-order valence-electron chi connectivity index (χ0n) is 13.5. The van der Waals surface area contributed by atoms with Gasteiger partial charge in [-0.3, -0.25) is 15.0 Å². The summed E-state index contributed by atoms with van der Waals surface area (Å²) in [5.74, 6) is 0.644. The second-order valence-corrected chi connectivity index (χ2v) is 6.25. The van der Waals surface area contributed by atoms with E-state index in [2.05, 4.69) is 30.5 Å². The molecule has 0 aliphatic heterocycles. The van der Waals surface area contributed by atoms with E-state index >= 15 is 0 Å². The number of alkyl halides is 1. The third kappa shape index (κ3) is 3.17. The Labute approximate surface area is 144 Å².